The molecule has 0 radical (unpaired) electrons. The molecule has 0 amide bonds. The van der Waals surface area contributed by atoms with Crippen molar-refractivity contribution < 1.29 is 9.13 Å². The van der Waals surface area contributed by atoms with Crippen molar-refractivity contribution in [2.75, 3.05) is 11.9 Å². The lowest BCUT2D eigenvalue weighted by atomic mass is 10.3. The standard InChI is InChI=1S/C11H13Br2FO/c12-6-2-1-3-7-15-11-8-9(14)4-5-10(11)13/h4-5,8H,1-3,6-7H2. The van der Waals surface area contributed by atoms with E-state index in [0.29, 0.717) is 12.4 Å². The summed E-state index contributed by atoms with van der Waals surface area (Å²) in [6.45, 7) is 0.634. The highest BCUT2D eigenvalue weighted by Gasteiger charge is 2.02. The zero-order valence-electron chi connectivity index (χ0n) is 8.31. The van der Waals surface area contributed by atoms with E-state index < -0.39 is 0 Å². The van der Waals surface area contributed by atoms with E-state index in [1.165, 1.54) is 12.1 Å². The quantitative estimate of drug-likeness (QED) is 0.546. The number of benzene rings is 1. The smallest absolute Gasteiger partial charge is 0.136 e. The van der Waals surface area contributed by atoms with E-state index in [9.17, 15) is 4.39 Å². The van der Waals surface area contributed by atoms with Gasteiger partial charge in [-0.15, -0.1) is 0 Å². The van der Waals surface area contributed by atoms with Crippen LogP contribution in [0.1, 0.15) is 19.3 Å². The van der Waals surface area contributed by atoms with Gasteiger partial charge in [-0.25, -0.2) is 4.39 Å². The van der Waals surface area contributed by atoms with E-state index in [4.69, 9.17) is 4.74 Å². The molecular weight excluding hydrogens is 327 g/mol. The molecule has 0 N–H and O–H groups in total. The molecule has 15 heavy (non-hydrogen) atoms. The zero-order chi connectivity index (χ0) is 11.1. The summed E-state index contributed by atoms with van der Waals surface area (Å²) in [5.74, 6) is 0.308. The summed E-state index contributed by atoms with van der Waals surface area (Å²) in [4.78, 5) is 0. The Kier molecular flexibility index (Phi) is 6.25. The summed E-state index contributed by atoms with van der Waals surface area (Å²) in [7, 11) is 0. The van der Waals surface area contributed by atoms with Gasteiger partial charge in [0, 0.05) is 11.4 Å². The SMILES string of the molecule is Fc1ccc(Br)c(OCCCCCBr)c1. The van der Waals surface area contributed by atoms with Gasteiger partial charge in [0.2, 0.25) is 0 Å². The first kappa shape index (κ1) is 13.0. The summed E-state index contributed by atoms with van der Waals surface area (Å²) in [5.41, 5.74) is 0. The second-order valence-corrected chi connectivity index (χ2v) is 4.82. The molecule has 0 aliphatic rings. The van der Waals surface area contributed by atoms with Crippen LogP contribution in [0.5, 0.6) is 5.75 Å². The minimum absolute atomic E-state index is 0.270. The number of ether oxygens (including phenoxy) is 1. The molecule has 0 heterocycles. The number of hydrogen-bond acceptors (Lipinski definition) is 1. The van der Waals surface area contributed by atoms with Crippen LogP contribution in [0.4, 0.5) is 4.39 Å². The maximum absolute atomic E-state index is 12.9. The van der Waals surface area contributed by atoms with Gasteiger partial charge in [-0.2, -0.15) is 0 Å². The van der Waals surface area contributed by atoms with Crippen molar-refractivity contribution in [3.05, 3.63) is 28.5 Å². The molecule has 4 heteroatoms. The van der Waals surface area contributed by atoms with E-state index >= 15 is 0 Å². The van der Waals surface area contributed by atoms with E-state index in [1.807, 2.05) is 0 Å². The summed E-state index contributed by atoms with van der Waals surface area (Å²) in [6, 6.07) is 4.46. The second-order valence-electron chi connectivity index (χ2n) is 3.17. The van der Waals surface area contributed by atoms with Gasteiger partial charge in [0.15, 0.2) is 0 Å². The van der Waals surface area contributed by atoms with Crippen LogP contribution in [0.3, 0.4) is 0 Å². The third kappa shape index (κ3) is 4.98. The first-order chi connectivity index (χ1) is 7.24. The van der Waals surface area contributed by atoms with E-state index in [-0.39, 0.29) is 5.82 Å². The molecule has 0 fully saturated rings. The molecule has 0 atom stereocenters. The molecule has 0 unspecified atom stereocenters. The third-order valence-electron chi connectivity index (χ3n) is 1.93. The second kappa shape index (κ2) is 7.23. The average Bonchev–Trinajstić information content (AvgIpc) is 2.23. The normalized spacial score (nSPS) is 10.3. The first-order valence-corrected chi connectivity index (χ1v) is 6.79. The molecule has 1 rings (SSSR count). The van der Waals surface area contributed by atoms with Crippen LogP contribution in [0.25, 0.3) is 0 Å². The molecule has 0 aliphatic carbocycles. The lowest BCUT2D eigenvalue weighted by Crippen LogP contribution is -1.98. The van der Waals surface area contributed by atoms with E-state index in [2.05, 4.69) is 31.9 Å². The van der Waals surface area contributed by atoms with Crippen LogP contribution < -0.4 is 4.74 Å². The predicted octanol–water partition coefficient (Wildman–Crippen LogP) is 4.53. The lowest BCUT2D eigenvalue weighted by molar-refractivity contribution is 0.303. The van der Waals surface area contributed by atoms with Crippen molar-refractivity contribution in [3.63, 3.8) is 0 Å². The molecule has 0 aromatic heterocycles. The number of hydrogen-bond donors (Lipinski definition) is 0. The molecule has 0 bridgehead atoms. The Morgan fingerprint density at radius 1 is 1.20 bits per heavy atom. The van der Waals surface area contributed by atoms with Crippen LogP contribution >= 0.6 is 31.9 Å². The van der Waals surface area contributed by atoms with Gasteiger partial charge in [0.25, 0.3) is 0 Å². The van der Waals surface area contributed by atoms with Crippen LogP contribution in [0.2, 0.25) is 0 Å². The summed E-state index contributed by atoms with van der Waals surface area (Å²) in [5, 5.41) is 1.02. The molecular formula is C11H13Br2FO. The lowest BCUT2D eigenvalue weighted by Gasteiger charge is -2.07. The van der Waals surface area contributed by atoms with Crippen molar-refractivity contribution in [1.29, 1.82) is 0 Å². The molecule has 0 aliphatic heterocycles. The molecule has 1 nitrogen and oxygen atoms in total. The van der Waals surface area contributed by atoms with Gasteiger partial charge in [-0.1, -0.05) is 15.9 Å². The summed E-state index contributed by atoms with van der Waals surface area (Å²) < 4.78 is 19.1. The fourth-order valence-corrected chi connectivity index (χ4v) is 1.90. The molecule has 1 aromatic rings. The van der Waals surface area contributed by atoms with Crippen LogP contribution in [0, 0.1) is 5.82 Å². The van der Waals surface area contributed by atoms with E-state index in [0.717, 1.165) is 29.1 Å². The molecule has 0 saturated carbocycles. The average molecular weight is 340 g/mol. The van der Waals surface area contributed by atoms with E-state index in [1.54, 1.807) is 6.07 Å². The van der Waals surface area contributed by atoms with Crippen molar-refractivity contribution in [2.45, 2.75) is 19.3 Å². The largest absolute Gasteiger partial charge is 0.492 e. The first-order valence-electron chi connectivity index (χ1n) is 4.88. The van der Waals surface area contributed by atoms with Crippen molar-refractivity contribution >= 4 is 31.9 Å². The Morgan fingerprint density at radius 3 is 2.73 bits per heavy atom. The van der Waals surface area contributed by atoms with Gasteiger partial charge in [-0.05, 0) is 47.3 Å². The van der Waals surface area contributed by atoms with Gasteiger partial charge < -0.3 is 4.74 Å². The fraction of sp³-hybridized carbons (Fsp3) is 0.455. The summed E-state index contributed by atoms with van der Waals surface area (Å²) >= 11 is 6.68. The zero-order valence-corrected chi connectivity index (χ0v) is 11.5. The monoisotopic (exact) mass is 338 g/mol. The van der Waals surface area contributed by atoms with Crippen molar-refractivity contribution in [3.8, 4) is 5.75 Å². The van der Waals surface area contributed by atoms with Crippen LogP contribution in [0.15, 0.2) is 22.7 Å². The number of alkyl halides is 1. The Labute approximate surface area is 106 Å². The molecule has 1 aromatic carbocycles. The van der Waals surface area contributed by atoms with Gasteiger partial charge in [0.1, 0.15) is 11.6 Å². The maximum atomic E-state index is 12.9. The summed E-state index contributed by atoms with van der Waals surface area (Å²) in [6.07, 6.45) is 3.26. The van der Waals surface area contributed by atoms with Crippen molar-refractivity contribution in [1.82, 2.24) is 0 Å². The third-order valence-corrected chi connectivity index (χ3v) is 3.14. The Bertz CT molecular complexity index is 305. The molecule has 0 spiro atoms. The topological polar surface area (TPSA) is 9.23 Å². The fourth-order valence-electron chi connectivity index (χ4n) is 1.14. The number of unbranched alkanes of at least 4 members (excludes halogenated alkanes) is 2. The Hall–Kier alpha value is -0.0900. The van der Waals surface area contributed by atoms with Gasteiger partial charge in [0.05, 0.1) is 11.1 Å². The highest BCUT2D eigenvalue weighted by atomic mass is 79.9. The Morgan fingerprint density at radius 2 is 2.00 bits per heavy atom. The minimum Gasteiger partial charge on any atom is -0.492 e. The number of halogens is 3. The minimum atomic E-state index is -0.270. The molecule has 0 saturated heterocycles. The van der Waals surface area contributed by atoms with Crippen molar-refractivity contribution in [2.24, 2.45) is 0 Å². The Balaban J connectivity index is 2.33. The van der Waals surface area contributed by atoms with Crippen LogP contribution in [-0.4, -0.2) is 11.9 Å². The van der Waals surface area contributed by atoms with Gasteiger partial charge in [-0.3, -0.25) is 0 Å². The predicted molar refractivity (Wildman–Crippen MR) is 67.2 cm³/mol. The number of rotatable bonds is 6. The maximum Gasteiger partial charge on any atom is 0.136 e. The highest BCUT2D eigenvalue weighted by molar-refractivity contribution is 9.10. The highest BCUT2D eigenvalue weighted by Crippen LogP contribution is 2.25. The van der Waals surface area contributed by atoms with Crippen LogP contribution in [-0.2, 0) is 0 Å². The molecule has 84 valence electrons. The van der Waals surface area contributed by atoms with Gasteiger partial charge >= 0.3 is 0 Å².